The first-order valence-corrected chi connectivity index (χ1v) is 7.72. The van der Waals surface area contributed by atoms with E-state index >= 15 is 0 Å². The Morgan fingerprint density at radius 3 is 3.06 bits per heavy atom. The quantitative estimate of drug-likeness (QED) is 0.735. The fourth-order valence-corrected chi connectivity index (χ4v) is 2.51. The van der Waals surface area contributed by atoms with E-state index in [1.165, 1.54) is 12.2 Å². The molecule has 1 fully saturated rings. The third kappa shape index (κ3) is 5.53. The minimum absolute atomic E-state index is 0.380. The van der Waals surface area contributed by atoms with Crippen LogP contribution in [-0.4, -0.2) is 61.8 Å². The number of hydrogen-bond acceptors (Lipinski definition) is 4. The van der Waals surface area contributed by atoms with Gasteiger partial charge in [0.1, 0.15) is 0 Å². The molecular weight excluding hydrogens is 220 g/mol. The number of nitrogens with one attached hydrogen (secondary N) is 1. The number of hydrogen-bond donors (Lipinski definition) is 1. The summed E-state index contributed by atoms with van der Waals surface area (Å²) in [5.74, 6) is 1.24. The summed E-state index contributed by atoms with van der Waals surface area (Å²) >= 11 is 1.92. The predicted octanol–water partition coefficient (Wildman–Crippen LogP) is 1.44. The van der Waals surface area contributed by atoms with Crippen LogP contribution in [0.5, 0.6) is 0 Å². The fraction of sp³-hybridized carbons (Fsp3) is 1.00. The highest BCUT2D eigenvalue weighted by Gasteiger charge is 2.19. The van der Waals surface area contributed by atoms with E-state index in [1.807, 2.05) is 11.8 Å². The molecule has 2 unspecified atom stereocenters. The number of thioether (sulfide) groups is 1. The minimum Gasteiger partial charge on any atom is -0.374 e. The van der Waals surface area contributed by atoms with Crippen molar-refractivity contribution in [2.45, 2.75) is 32.4 Å². The van der Waals surface area contributed by atoms with Crippen LogP contribution in [0.2, 0.25) is 0 Å². The monoisotopic (exact) mass is 246 g/mol. The molecule has 3 nitrogen and oxygen atoms in total. The maximum Gasteiger partial charge on any atom is 0.0826 e. The Labute approximate surface area is 104 Å². The number of likely N-dealkylation sites (N-methyl/N-ethyl adjacent to an activating group) is 1. The van der Waals surface area contributed by atoms with Crippen LogP contribution < -0.4 is 5.32 Å². The number of morpholine rings is 1. The van der Waals surface area contributed by atoms with Crippen LogP contribution in [-0.2, 0) is 4.74 Å². The molecule has 0 spiro atoms. The van der Waals surface area contributed by atoms with Crippen LogP contribution in [0.15, 0.2) is 0 Å². The molecule has 1 rings (SSSR count). The molecule has 2 atom stereocenters. The van der Waals surface area contributed by atoms with Crippen LogP contribution >= 0.6 is 11.8 Å². The van der Waals surface area contributed by atoms with Crippen molar-refractivity contribution in [3.63, 3.8) is 0 Å². The van der Waals surface area contributed by atoms with E-state index < -0.39 is 0 Å². The summed E-state index contributed by atoms with van der Waals surface area (Å²) in [7, 11) is 0. The van der Waals surface area contributed by atoms with E-state index in [1.54, 1.807) is 0 Å². The van der Waals surface area contributed by atoms with Gasteiger partial charge in [0.05, 0.1) is 12.7 Å². The Bertz CT molecular complexity index is 180. The van der Waals surface area contributed by atoms with Crippen LogP contribution in [0.1, 0.15) is 20.3 Å². The van der Waals surface area contributed by atoms with Crippen molar-refractivity contribution in [2.75, 3.05) is 44.8 Å². The first kappa shape index (κ1) is 14.3. The molecule has 0 bridgehead atoms. The largest absolute Gasteiger partial charge is 0.374 e. The van der Waals surface area contributed by atoms with Crippen molar-refractivity contribution < 1.29 is 4.74 Å². The first-order chi connectivity index (χ1) is 7.76. The first-order valence-electron chi connectivity index (χ1n) is 6.32. The summed E-state index contributed by atoms with van der Waals surface area (Å²) in [5.41, 5.74) is 0. The molecule has 4 heteroatoms. The van der Waals surface area contributed by atoms with E-state index in [2.05, 4.69) is 30.3 Å². The summed E-state index contributed by atoms with van der Waals surface area (Å²) in [6, 6.07) is 0.605. The SMILES string of the molecule is CCN1CCOC(CNC(C)CCSC)C1. The molecule has 96 valence electrons. The zero-order valence-corrected chi connectivity index (χ0v) is 11.7. The van der Waals surface area contributed by atoms with Crippen molar-refractivity contribution in [3.05, 3.63) is 0 Å². The van der Waals surface area contributed by atoms with Gasteiger partial charge in [-0.25, -0.2) is 0 Å². The topological polar surface area (TPSA) is 24.5 Å². The highest BCUT2D eigenvalue weighted by atomic mass is 32.2. The molecule has 0 aromatic heterocycles. The summed E-state index contributed by atoms with van der Waals surface area (Å²) in [6.45, 7) is 9.68. The van der Waals surface area contributed by atoms with Crippen LogP contribution in [0.4, 0.5) is 0 Å². The van der Waals surface area contributed by atoms with Gasteiger partial charge in [0, 0.05) is 25.7 Å². The Hall–Kier alpha value is 0.230. The Morgan fingerprint density at radius 1 is 1.56 bits per heavy atom. The summed E-state index contributed by atoms with van der Waals surface area (Å²) < 4.78 is 5.76. The number of ether oxygens (including phenoxy) is 1. The van der Waals surface area contributed by atoms with Gasteiger partial charge in [-0.05, 0) is 31.9 Å². The van der Waals surface area contributed by atoms with Crippen molar-refractivity contribution >= 4 is 11.8 Å². The lowest BCUT2D eigenvalue weighted by Gasteiger charge is -2.32. The Balaban J connectivity index is 2.11. The lowest BCUT2D eigenvalue weighted by Crippen LogP contribution is -2.47. The third-order valence-electron chi connectivity index (χ3n) is 3.12. The van der Waals surface area contributed by atoms with Crippen LogP contribution in [0.3, 0.4) is 0 Å². The molecule has 0 aromatic carbocycles. The van der Waals surface area contributed by atoms with Crippen LogP contribution in [0.25, 0.3) is 0 Å². The zero-order valence-electron chi connectivity index (χ0n) is 10.9. The average Bonchev–Trinajstić information content (AvgIpc) is 2.34. The van der Waals surface area contributed by atoms with Crippen LogP contribution in [0, 0.1) is 0 Å². The maximum atomic E-state index is 5.76. The molecule has 16 heavy (non-hydrogen) atoms. The molecule has 1 aliphatic rings. The van der Waals surface area contributed by atoms with Crippen molar-refractivity contribution in [1.29, 1.82) is 0 Å². The normalized spacial score (nSPS) is 24.6. The minimum atomic E-state index is 0.380. The molecule has 1 heterocycles. The smallest absolute Gasteiger partial charge is 0.0826 e. The molecule has 0 saturated carbocycles. The fourth-order valence-electron chi connectivity index (χ4n) is 1.92. The van der Waals surface area contributed by atoms with Gasteiger partial charge in [-0.2, -0.15) is 11.8 Å². The average molecular weight is 246 g/mol. The predicted molar refractivity (Wildman–Crippen MR) is 72.3 cm³/mol. The lowest BCUT2D eigenvalue weighted by molar-refractivity contribution is -0.0261. The maximum absolute atomic E-state index is 5.76. The second-order valence-electron chi connectivity index (χ2n) is 4.48. The third-order valence-corrected chi connectivity index (χ3v) is 3.76. The van der Waals surface area contributed by atoms with Crippen molar-refractivity contribution in [2.24, 2.45) is 0 Å². The van der Waals surface area contributed by atoms with Crippen molar-refractivity contribution in [1.82, 2.24) is 10.2 Å². The molecule has 1 saturated heterocycles. The van der Waals surface area contributed by atoms with E-state index in [0.29, 0.717) is 12.1 Å². The second-order valence-corrected chi connectivity index (χ2v) is 5.46. The molecule has 1 aliphatic heterocycles. The van der Waals surface area contributed by atoms with Crippen molar-refractivity contribution in [3.8, 4) is 0 Å². The zero-order chi connectivity index (χ0) is 11.8. The highest BCUT2D eigenvalue weighted by Crippen LogP contribution is 2.05. The van der Waals surface area contributed by atoms with Gasteiger partial charge in [-0.3, -0.25) is 4.90 Å². The molecule has 0 aliphatic carbocycles. The van der Waals surface area contributed by atoms with Gasteiger partial charge in [0.15, 0.2) is 0 Å². The van der Waals surface area contributed by atoms with E-state index in [9.17, 15) is 0 Å². The lowest BCUT2D eigenvalue weighted by atomic mass is 10.2. The van der Waals surface area contributed by atoms with E-state index in [4.69, 9.17) is 4.74 Å². The van der Waals surface area contributed by atoms with Gasteiger partial charge in [-0.15, -0.1) is 0 Å². The van der Waals surface area contributed by atoms with E-state index in [0.717, 1.165) is 32.8 Å². The molecular formula is C12H26N2OS. The number of rotatable bonds is 7. The highest BCUT2D eigenvalue weighted by molar-refractivity contribution is 7.98. The molecule has 0 radical (unpaired) electrons. The van der Waals surface area contributed by atoms with Gasteiger partial charge >= 0.3 is 0 Å². The number of nitrogens with zero attached hydrogens (tertiary/aromatic N) is 1. The van der Waals surface area contributed by atoms with E-state index in [-0.39, 0.29) is 0 Å². The molecule has 0 amide bonds. The van der Waals surface area contributed by atoms with Gasteiger partial charge in [0.25, 0.3) is 0 Å². The standard InChI is InChI=1S/C12H26N2OS/c1-4-14-6-7-15-12(10-14)9-13-11(2)5-8-16-3/h11-13H,4-10H2,1-3H3. The van der Waals surface area contributed by atoms with Gasteiger partial charge in [0.2, 0.25) is 0 Å². The summed E-state index contributed by atoms with van der Waals surface area (Å²) in [5, 5.41) is 3.57. The summed E-state index contributed by atoms with van der Waals surface area (Å²) in [6.07, 6.45) is 3.78. The Kier molecular flexibility index (Phi) is 7.45. The molecule has 1 N–H and O–H groups in total. The summed E-state index contributed by atoms with van der Waals surface area (Å²) in [4.78, 5) is 2.46. The molecule has 0 aromatic rings. The second kappa shape index (κ2) is 8.34. The van der Waals surface area contributed by atoms with Gasteiger partial charge < -0.3 is 10.1 Å². The van der Waals surface area contributed by atoms with Gasteiger partial charge in [-0.1, -0.05) is 6.92 Å². The Morgan fingerprint density at radius 2 is 2.38 bits per heavy atom.